The Bertz CT molecular complexity index is 1440. The third-order valence-corrected chi connectivity index (χ3v) is 6.92. The number of fused-ring (bicyclic) bond motifs is 1. The minimum absolute atomic E-state index is 0.0481. The standard InChI is InChI=1S/C29H32F2N6O5/c1-17-14-37(28(39)24-13-32-9-10-33-24)18(2)16-42-25-8-6-20(12-21(25)27(38)36(3)15-26(17)41-4)34-29(40)35-23-11-19(30)5-7-22(23)31/h5-13,17-18,26H,14-16H2,1-4H3,(H2,34,35,40)/t17-,18+,26+/m1/s1. The van der Waals surface area contributed by atoms with Crippen LogP contribution in [0.5, 0.6) is 5.75 Å². The summed E-state index contributed by atoms with van der Waals surface area (Å²) in [6.45, 7) is 4.32. The summed E-state index contributed by atoms with van der Waals surface area (Å²) >= 11 is 0. The van der Waals surface area contributed by atoms with Crippen LogP contribution in [0.3, 0.4) is 0 Å². The molecule has 1 aromatic heterocycles. The van der Waals surface area contributed by atoms with Crippen molar-refractivity contribution in [3.8, 4) is 5.75 Å². The lowest BCUT2D eigenvalue weighted by atomic mass is 10.0. The van der Waals surface area contributed by atoms with Gasteiger partial charge in [-0.05, 0) is 37.3 Å². The Morgan fingerprint density at radius 1 is 1.07 bits per heavy atom. The van der Waals surface area contributed by atoms with Gasteiger partial charge in [-0.1, -0.05) is 6.92 Å². The highest BCUT2D eigenvalue weighted by atomic mass is 19.1. The molecule has 2 heterocycles. The summed E-state index contributed by atoms with van der Waals surface area (Å²) < 4.78 is 39.3. The first-order chi connectivity index (χ1) is 20.1. The van der Waals surface area contributed by atoms with E-state index in [0.29, 0.717) is 6.54 Å². The van der Waals surface area contributed by atoms with Crippen LogP contribution < -0.4 is 15.4 Å². The lowest BCUT2D eigenvalue weighted by Gasteiger charge is -2.35. The average molecular weight is 583 g/mol. The molecule has 222 valence electrons. The molecule has 2 aromatic carbocycles. The average Bonchev–Trinajstić information content (AvgIpc) is 2.98. The number of carbonyl (C=O) groups excluding carboxylic acids is 3. The number of likely N-dealkylation sites (N-methyl/N-ethyl adjacent to an activating group) is 1. The normalized spacial score (nSPS) is 19.6. The molecule has 42 heavy (non-hydrogen) atoms. The smallest absolute Gasteiger partial charge is 0.323 e. The Labute approximate surface area is 241 Å². The maximum Gasteiger partial charge on any atom is 0.323 e. The van der Waals surface area contributed by atoms with E-state index in [4.69, 9.17) is 9.47 Å². The van der Waals surface area contributed by atoms with Crippen LogP contribution in [-0.4, -0.2) is 83.6 Å². The molecule has 3 atom stereocenters. The van der Waals surface area contributed by atoms with Gasteiger partial charge in [-0.3, -0.25) is 14.6 Å². The number of nitrogens with one attached hydrogen (secondary N) is 2. The van der Waals surface area contributed by atoms with E-state index in [2.05, 4.69) is 20.6 Å². The Kier molecular flexibility index (Phi) is 9.63. The van der Waals surface area contributed by atoms with Crippen molar-refractivity contribution >= 4 is 29.2 Å². The summed E-state index contributed by atoms with van der Waals surface area (Å²) in [4.78, 5) is 50.8. The fourth-order valence-corrected chi connectivity index (χ4v) is 4.57. The maximum absolute atomic E-state index is 14.0. The molecule has 4 amide bonds. The molecule has 0 radical (unpaired) electrons. The van der Waals surface area contributed by atoms with Crippen LogP contribution >= 0.6 is 0 Å². The second-order valence-corrected chi connectivity index (χ2v) is 10.1. The van der Waals surface area contributed by atoms with Gasteiger partial charge in [0.2, 0.25) is 0 Å². The molecule has 0 saturated carbocycles. The van der Waals surface area contributed by atoms with Crippen LogP contribution in [0.25, 0.3) is 0 Å². The first kappa shape index (κ1) is 30.3. The molecule has 13 heteroatoms. The zero-order valence-electron chi connectivity index (χ0n) is 23.6. The van der Waals surface area contributed by atoms with Crippen LogP contribution in [0.4, 0.5) is 25.0 Å². The van der Waals surface area contributed by atoms with Gasteiger partial charge in [-0.15, -0.1) is 0 Å². The fourth-order valence-electron chi connectivity index (χ4n) is 4.57. The van der Waals surface area contributed by atoms with E-state index in [-0.39, 0.29) is 59.3 Å². The summed E-state index contributed by atoms with van der Waals surface area (Å²) in [5, 5.41) is 4.78. The monoisotopic (exact) mass is 582 g/mol. The number of urea groups is 1. The van der Waals surface area contributed by atoms with E-state index in [0.717, 1.165) is 18.2 Å². The Balaban J connectivity index is 1.61. The van der Waals surface area contributed by atoms with E-state index < -0.39 is 29.8 Å². The van der Waals surface area contributed by atoms with E-state index in [1.165, 1.54) is 41.7 Å². The fraction of sp³-hybridized carbons (Fsp3) is 0.345. The van der Waals surface area contributed by atoms with Crippen molar-refractivity contribution in [3.63, 3.8) is 0 Å². The number of aromatic nitrogens is 2. The predicted molar refractivity (Wildman–Crippen MR) is 150 cm³/mol. The van der Waals surface area contributed by atoms with E-state index >= 15 is 0 Å². The molecule has 0 unspecified atom stereocenters. The molecule has 0 fully saturated rings. The molecule has 0 aliphatic carbocycles. The van der Waals surface area contributed by atoms with Crippen LogP contribution in [0.15, 0.2) is 55.0 Å². The Morgan fingerprint density at radius 2 is 1.86 bits per heavy atom. The molecule has 11 nitrogen and oxygen atoms in total. The highest BCUT2D eigenvalue weighted by molar-refractivity contribution is 6.02. The van der Waals surface area contributed by atoms with Gasteiger partial charge in [0.15, 0.2) is 0 Å². The zero-order chi connectivity index (χ0) is 30.4. The maximum atomic E-state index is 14.0. The van der Waals surface area contributed by atoms with Crippen LogP contribution in [0, 0.1) is 17.6 Å². The number of amides is 4. The minimum atomic E-state index is -0.839. The molecule has 1 aliphatic rings. The van der Waals surface area contributed by atoms with Gasteiger partial charge < -0.3 is 29.9 Å². The van der Waals surface area contributed by atoms with Crippen molar-refractivity contribution in [2.45, 2.75) is 26.0 Å². The predicted octanol–water partition coefficient (Wildman–Crippen LogP) is 4.05. The van der Waals surface area contributed by atoms with Gasteiger partial charge in [0.25, 0.3) is 11.8 Å². The third kappa shape index (κ3) is 7.16. The number of ether oxygens (including phenoxy) is 2. The lowest BCUT2D eigenvalue weighted by molar-refractivity contribution is 0.0109. The summed E-state index contributed by atoms with van der Waals surface area (Å²) in [5.41, 5.74) is 0.212. The number of hydrogen-bond acceptors (Lipinski definition) is 7. The summed E-state index contributed by atoms with van der Waals surface area (Å²) in [5.74, 6) is -2.17. The highest BCUT2D eigenvalue weighted by Gasteiger charge is 2.31. The van der Waals surface area contributed by atoms with Gasteiger partial charge in [0.05, 0.1) is 29.6 Å². The number of carbonyl (C=O) groups is 3. The van der Waals surface area contributed by atoms with Gasteiger partial charge in [-0.2, -0.15) is 0 Å². The second-order valence-electron chi connectivity index (χ2n) is 10.1. The molecule has 3 aromatic rings. The van der Waals surface area contributed by atoms with Gasteiger partial charge >= 0.3 is 6.03 Å². The first-order valence-corrected chi connectivity index (χ1v) is 13.2. The number of benzene rings is 2. The Morgan fingerprint density at radius 3 is 2.57 bits per heavy atom. The van der Waals surface area contributed by atoms with Gasteiger partial charge in [0, 0.05) is 57.3 Å². The van der Waals surface area contributed by atoms with Crippen molar-refractivity contribution in [1.82, 2.24) is 19.8 Å². The molecule has 2 N–H and O–H groups in total. The number of hydrogen-bond donors (Lipinski definition) is 2. The SMILES string of the molecule is CO[C@H]1CN(C)C(=O)c2cc(NC(=O)Nc3cc(F)ccc3F)ccc2OC[C@H](C)N(C(=O)c2cnccn2)C[C@H]1C. The molecule has 1 aliphatic heterocycles. The summed E-state index contributed by atoms with van der Waals surface area (Å²) in [6.07, 6.45) is 3.92. The lowest BCUT2D eigenvalue weighted by Crippen LogP contribution is -2.48. The molecular weight excluding hydrogens is 550 g/mol. The molecular formula is C29H32F2N6O5. The second kappa shape index (κ2) is 13.3. The van der Waals surface area contributed by atoms with Crippen molar-refractivity contribution in [2.24, 2.45) is 5.92 Å². The summed E-state index contributed by atoms with van der Waals surface area (Å²) in [7, 11) is 3.16. The molecule has 0 bridgehead atoms. The van der Waals surface area contributed by atoms with E-state index in [1.54, 1.807) is 19.1 Å². The summed E-state index contributed by atoms with van der Waals surface area (Å²) in [6, 6.07) is 5.88. The van der Waals surface area contributed by atoms with Crippen LogP contribution in [-0.2, 0) is 4.74 Å². The molecule has 0 saturated heterocycles. The van der Waals surface area contributed by atoms with Gasteiger partial charge in [-0.25, -0.2) is 18.6 Å². The van der Waals surface area contributed by atoms with Crippen LogP contribution in [0.2, 0.25) is 0 Å². The van der Waals surface area contributed by atoms with Crippen molar-refractivity contribution < 1.29 is 32.6 Å². The topological polar surface area (TPSA) is 126 Å². The number of methoxy groups -OCH3 is 1. The number of halogens is 2. The first-order valence-electron chi connectivity index (χ1n) is 13.2. The third-order valence-electron chi connectivity index (χ3n) is 6.92. The van der Waals surface area contributed by atoms with Crippen molar-refractivity contribution in [3.05, 3.63) is 77.9 Å². The van der Waals surface area contributed by atoms with Crippen molar-refractivity contribution in [1.29, 1.82) is 0 Å². The van der Waals surface area contributed by atoms with Crippen LogP contribution in [0.1, 0.15) is 34.7 Å². The Hall–Kier alpha value is -4.65. The number of anilines is 2. The molecule has 4 rings (SSSR count). The number of nitrogens with zero attached hydrogens (tertiary/aromatic N) is 4. The largest absolute Gasteiger partial charge is 0.491 e. The van der Waals surface area contributed by atoms with E-state index in [1.807, 2.05) is 13.8 Å². The quantitative estimate of drug-likeness (QED) is 0.476. The van der Waals surface area contributed by atoms with E-state index in [9.17, 15) is 23.2 Å². The van der Waals surface area contributed by atoms with Crippen molar-refractivity contribution in [2.75, 3.05) is 44.5 Å². The molecule has 0 spiro atoms. The minimum Gasteiger partial charge on any atom is -0.491 e. The highest BCUT2D eigenvalue weighted by Crippen LogP contribution is 2.27. The number of rotatable bonds is 4. The zero-order valence-corrected chi connectivity index (χ0v) is 23.6. The van der Waals surface area contributed by atoms with Gasteiger partial charge in [0.1, 0.15) is 29.7 Å².